The fourth-order valence-corrected chi connectivity index (χ4v) is 3.65. The number of piperidine rings is 1. The van der Waals surface area contributed by atoms with Gasteiger partial charge in [-0.2, -0.15) is 0 Å². The zero-order chi connectivity index (χ0) is 14.7. The Morgan fingerprint density at radius 3 is 2.48 bits per heavy atom. The summed E-state index contributed by atoms with van der Waals surface area (Å²) in [6, 6.07) is 7.61. The molecule has 3 rings (SSSR count). The summed E-state index contributed by atoms with van der Waals surface area (Å²) in [5.74, 6) is 0.199. The van der Waals surface area contributed by atoms with E-state index in [0.717, 1.165) is 57.6 Å². The molecular weight excluding hydrogens is 286 g/mol. The van der Waals surface area contributed by atoms with E-state index in [0.29, 0.717) is 16.9 Å². The highest BCUT2D eigenvalue weighted by Gasteiger charge is 2.37. The first-order chi connectivity index (χ1) is 10.2. The Labute approximate surface area is 131 Å². The van der Waals surface area contributed by atoms with Gasteiger partial charge in [0.05, 0.1) is 6.42 Å². The van der Waals surface area contributed by atoms with Crippen LogP contribution in [-0.4, -0.2) is 37.1 Å². The molecule has 0 atom stereocenters. The molecule has 0 aromatic heterocycles. The average Bonchev–Trinajstić information content (AvgIpc) is 2.51. The van der Waals surface area contributed by atoms with Crippen LogP contribution in [0.5, 0.6) is 0 Å². The molecule has 1 aromatic carbocycles. The van der Waals surface area contributed by atoms with Crippen LogP contribution in [-0.2, 0) is 16.0 Å². The molecule has 0 radical (unpaired) electrons. The van der Waals surface area contributed by atoms with Crippen LogP contribution in [0.25, 0.3) is 0 Å². The maximum atomic E-state index is 12.4. The van der Waals surface area contributed by atoms with Gasteiger partial charge in [0, 0.05) is 31.3 Å². The standard InChI is InChI=1S/C17H22ClNO2/c18-15-4-2-1-3-14(15)13-16(20)19-9-5-17(6-10-19)7-11-21-12-8-17/h1-4H,5-13H2. The molecule has 2 heterocycles. The smallest absolute Gasteiger partial charge is 0.227 e. The summed E-state index contributed by atoms with van der Waals surface area (Å²) in [5, 5.41) is 0.684. The molecule has 0 unspecified atom stereocenters. The van der Waals surface area contributed by atoms with Gasteiger partial charge in [-0.15, -0.1) is 0 Å². The second-order valence-electron chi connectivity index (χ2n) is 6.26. The first kappa shape index (κ1) is 14.9. The van der Waals surface area contributed by atoms with Crippen LogP contribution in [0.2, 0.25) is 5.02 Å². The number of ether oxygens (including phenoxy) is 1. The number of carbonyl (C=O) groups excluding carboxylic acids is 1. The van der Waals surface area contributed by atoms with E-state index in [1.807, 2.05) is 29.2 Å². The molecule has 0 bridgehead atoms. The lowest BCUT2D eigenvalue weighted by Crippen LogP contribution is -2.45. The monoisotopic (exact) mass is 307 g/mol. The van der Waals surface area contributed by atoms with E-state index >= 15 is 0 Å². The molecule has 2 saturated heterocycles. The summed E-state index contributed by atoms with van der Waals surface area (Å²) < 4.78 is 5.47. The topological polar surface area (TPSA) is 29.5 Å². The lowest BCUT2D eigenvalue weighted by atomic mass is 9.72. The number of carbonyl (C=O) groups is 1. The third-order valence-corrected chi connectivity index (χ3v) is 5.40. The Balaban J connectivity index is 1.57. The summed E-state index contributed by atoms with van der Waals surface area (Å²) in [7, 11) is 0. The highest BCUT2D eigenvalue weighted by Crippen LogP contribution is 2.40. The Morgan fingerprint density at radius 2 is 1.81 bits per heavy atom. The lowest BCUT2D eigenvalue weighted by molar-refractivity contribution is -0.133. The highest BCUT2D eigenvalue weighted by atomic mass is 35.5. The molecule has 0 saturated carbocycles. The lowest BCUT2D eigenvalue weighted by Gasteiger charge is -2.44. The van der Waals surface area contributed by atoms with Gasteiger partial charge in [0.25, 0.3) is 0 Å². The zero-order valence-corrected chi connectivity index (χ0v) is 13.1. The maximum Gasteiger partial charge on any atom is 0.227 e. The number of halogens is 1. The molecule has 0 aliphatic carbocycles. The third-order valence-electron chi connectivity index (χ3n) is 5.03. The first-order valence-corrected chi connectivity index (χ1v) is 8.15. The summed E-state index contributed by atoms with van der Waals surface area (Å²) >= 11 is 6.14. The van der Waals surface area contributed by atoms with E-state index in [-0.39, 0.29) is 5.91 Å². The fraction of sp³-hybridized carbons (Fsp3) is 0.588. The minimum atomic E-state index is 0.199. The number of hydrogen-bond acceptors (Lipinski definition) is 2. The molecule has 2 aliphatic heterocycles. The van der Waals surface area contributed by atoms with Crippen LogP contribution in [0.1, 0.15) is 31.2 Å². The van der Waals surface area contributed by atoms with Gasteiger partial charge in [0.15, 0.2) is 0 Å². The minimum absolute atomic E-state index is 0.199. The molecular formula is C17H22ClNO2. The third kappa shape index (κ3) is 3.41. The quantitative estimate of drug-likeness (QED) is 0.839. The highest BCUT2D eigenvalue weighted by molar-refractivity contribution is 6.31. The van der Waals surface area contributed by atoms with Gasteiger partial charge in [0.1, 0.15) is 0 Å². The van der Waals surface area contributed by atoms with Gasteiger partial charge in [-0.1, -0.05) is 29.8 Å². The summed E-state index contributed by atoms with van der Waals surface area (Å²) in [6.07, 6.45) is 4.95. The molecule has 1 amide bonds. The Bertz CT molecular complexity index is 501. The molecule has 1 aromatic rings. The second-order valence-corrected chi connectivity index (χ2v) is 6.67. The van der Waals surface area contributed by atoms with E-state index in [4.69, 9.17) is 16.3 Å². The molecule has 3 nitrogen and oxygen atoms in total. The second kappa shape index (κ2) is 6.37. The van der Waals surface area contributed by atoms with Crippen LogP contribution < -0.4 is 0 Å². The Morgan fingerprint density at radius 1 is 1.14 bits per heavy atom. The van der Waals surface area contributed by atoms with Crippen molar-refractivity contribution in [2.24, 2.45) is 5.41 Å². The molecule has 2 fully saturated rings. The molecule has 114 valence electrons. The fourth-order valence-electron chi connectivity index (χ4n) is 3.45. The van der Waals surface area contributed by atoms with Gasteiger partial charge in [-0.3, -0.25) is 4.79 Å². The minimum Gasteiger partial charge on any atom is -0.381 e. The van der Waals surface area contributed by atoms with Crippen LogP contribution in [0.3, 0.4) is 0 Å². The van der Waals surface area contributed by atoms with Gasteiger partial charge < -0.3 is 9.64 Å². The molecule has 1 spiro atoms. The number of likely N-dealkylation sites (tertiary alicyclic amines) is 1. The van der Waals surface area contributed by atoms with Crippen molar-refractivity contribution in [1.82, 2.24) is 4.90 Å². The number of nitrogens with zero attached hydrogens (tertiary/aromatic N) is 1. The number of amides is 1. The van der Waals surface area contributed by atoms with Crippen LogP contribution >= 0.6 is 11.6 Å². The number of rotatable bonds is 2. The largest absolute Gasteiger partial charge is 0.381 e. The SMILES string of the molecule is O=C(Cc1ccccc1Cl)N1CCC2(CCOCC2)CC1. The number of hydrogen-bond donors (Lipinski definition) is 0. The predicted molar refractivity (Wildman–Crippen MR) is 83.5 cm³/mol. The predicted octanol–water partition coefficient (Wildman–Crippen LogP) is 3.30. The van der Waals surface area contributed by atoms with Crippen molar-refractivity contribution in [3.05, 3.63) is 34.9 Å². The van der Waals surface area contributed by atoms with E-state index in [2.05, 4.69) is 0 Å². The van der Waals surface area contributed by atoms with Crippen molar-refractivity contribution in [2.45, 2.75) is 32.1 Å². The van der Waals surface area contributed by atoms with Crippen molar-refractivity contribution < 1.29 is 9.53 Å². The zero-order valence-electron chi connectivity index (χ0n) is 12.3. The van der Waals surface area contributed by atoms with E-state index in [1.54, 1.807) is 0 Å². The Hall–Kier alpha value is -1.06. The van der Waals surface area contributed by atoms with Gasteiger partial charge in [0.2, 0.25) is 5.91 Å². The normalized spacial score (nSPS) is 21.5. The number of benzene rings is 1. The molecule has 2 aliphatic rings. The van der Waals surface area contributed by atoms with Crippen molar-refractivity contribution in [1.29, 1.82) is 0 Å². The van der Waals surface area contributed by atoms with Crippen molar-refractivity contribution in [3.63, 3.8) is 0 Å². The van der Waals surface area contributed by atoms with Crippen molar-refractivity contribution >= 4 is 17.5 Å². The molecule has 4 heteroatoms. The molecule has 0 N–H and O–H groups in total. The summed E-state index contributed by atoms with van der Waals surface area (Å²) in [4.78, 5) is 14.4. The molecule has 21 heavy (non-hydrogen) atoms. The first-order valence-electron chi connectivity index (χ1n) is 7.78. The van der Waals surface area contributed by atoms with Gasteiger partial charge in [-0.25, -0.2) is 0 Å². The van der Waals surface area contributed by atoms with Gasteiger partial charge >= 0.3 is 0 Å². The summed E-state index contributed by atoms with van der Waals surface area (Å²) in [5.41, 5.74) is 1.36. The van der Waals surface area contributed by atoms with Crippen molar-refractivity contribution in [2.75, 3.05) is 26.3 Å². The summed E-state index contributed by atoms with van der Waals surface area (Å²) in [6.45, 7) is 3.52. The van der Waals surface area contributed by atoms with Crippen LogP contribution in [0.15, 0.2) is 24.3 Å². The van der Waals surface area contributed by atoms with E-state index in [9.17, 15) is 4.79 Å². The van der Waals surface area contributed by atoms with E-state index < -0.39 is 0 Å². The Kier molecular flexibility index (Phi) is 4.51. The van der Waals surface area contributed by atoms with E-state index in [1.165, 1.54) is 0 Å². The van der Waals surface area contributed by atoms with Crippen LogP contribution in [0, 0.1) is 5.41 Å². The maximum absolute atomic E-state index is 12.4. The average molecular weight is 308 g/mol. The van der Waals surface area contributed by atoms with Gasteiger partial charge in [-0.05, 0) is 42.7 Å². The van der Waals surface area contributed by atoms with Crippen molar-refractivity contribution in [3.8, 4) is 0 Å². The van der Waals surface area contributed by atoms with Crippen LogP contribution in [0.4, 0.5) is 0 Å².